The number of benzene rings is 1. The minimum atomic E-state index is -0.815. The molecule has 29 heavy (non-hydrogen) atoms. The van der Waals surface area contributed by atoms with Crippen LogP contribution in [0.15, 0.2) is 32.5 Å². The largest absolute Gasteiger partial charge is 0.481 e. The summed E-state index contributed by atoms with van der Waals surface area (Å²) in [5.41, 5.74) is 4.05. The van der Waals surface area contributed by atoms with Gasteiger partial charge in [0, 0.05) is 39.6 Å². The van der Waals surface area contributed by atoms with Gasteiger partial charge in [-0.3, -0.25) is 4.79 Å². The predicted molar refractivity (Wildman–Crippen MR) is 112 cm³/mol. The molecule has 0 spiro atoms. The highest BCUT2D eigenvalue weighted by atomic mass is 32.2. The van der Waals surface area contributed by atoms with Crippen LogP contribution < -0.4 is 0 Å². The van der Waals surface area contributed by atoms with Crippen molar-refractivity contribution >= 4 is 28.6 Å². The molecule has 1 aromatic carbocycles. The quantitative estimate of drug-likeness (QED) is 0.516. The zero-order valence-corrected chi connectivity index (χ0v) is 17.7. The molecule has 0 radical (unpaired) electrons. The van der Waals surface area contributed by atoms with Crippen molar-refractivity contribution in [3.63, 3.8) is 0 Å². The number of nitrogens with zero attached hydrogens (tertiary/aromatic N) is 2. The lowest BCUT2D eigenvalue weighted by Crippen LogP contribution is -2.04. The molecule has 0 saturated carbocycles. The van der Waals surface area contributed by atoms with Crippen LogP contribution in [0.3, 0.4) is 0 Å². The van der Waals surface area contributed by atoms with Gasteiger partial charge in [0.25, 0.3) is 0 Å². The van der Waals surface area contributed by atoms with Gasteiger partial charge in [0.2, 0.25) is 0 Å². The average molecular weight is 415 g/mol. The molecule has 3 aromatic rings. The number of hydrogen-bond donors (Lipinski definition) is 1. The van der Waals surface area contributed by atoms with Crippen LogP contribution in [0.1, 0.15) is 49.8 Å². The molecular weight excluding hydrogens is 391 g/mol. The van der Waals surface area contributed by atoms with Crippen LogP contribution in [0.2, 0.25) is 0 Å². The Morgan fingerprint density at radius 2 is 2.21 bits per heavy atom. The molecule has 5 nitrogen and oxygen atoms in total. The van der Waals surface area contributed by atoms with E-state index in [4.69, 9.17) is 4.52 Å². The maximum absolute atomic E-state index is 14.7. The summed E-state index contributed by atoms with van der Waals surface area (Å²) in [5, 5.41) is 14.4. The maximum Gasteiger partial charge on any atom is 0.304 e. The number of thioether (sulfide) groups is 1. The van der Waals surface area contributed by atoms with Crippen LogP contribution in [-0.2, 0) is 11.3 Å². The first kappa shape index (κ1) is 19.8. The molecule has 152 valence electrons. The van der Waals surface area contributed by atoms with Crippen molar-refractivity contribution in [1.29, 1.82) is 0 Å². The van der Waals surface area contributed by atoms with E-state index in [1.807, 2.05) is 33.8 Å². The van der Waals surface area contributed by atoms with Gasteiger partial charge in [0.15, 0.2) is 0 Å². The lowest BCUT2D eigenvalue weighted by Gasteiger charge is -2.12. The fraction of sp³-hybridized carbons (Fsp3) is 0.364. The van der Waals surface area contributed by atoms with Gasteiger partial charge in [-0.25, -0.2) is 4.39 Å². The number of allylic oxidation sites excluding steroid dienone is 2. The number of carbonyl (C=O) groups is 1. The first-order valence-corrected chi connectivity index (χ1v) is 10.4. The molecule has 0 amide bonds. The van der Waals surface area contributed by atoms with E-state index in [-0.39, 0.29) is 18.2 Å². The van der Waals surface area contributed by atoms with Crippen LogP contribution in [-0.4, -0.2) is 20.8 Å². The third-order valence-electron chi connectivity index (χ3n) is 5.60. The first-order valence-electron chi connectivity index (χ1n) is 9.63. The summed E-state index contributed by atoms with van der Waals surface area (Å²) >= 11 is 1.62. The number of aliphatic carboxylic acids is 1. The Bertz CT molecular complexity index is 1140. The number of carboxylic acids is 1. The molecular formula is C22H23FN2O3S. The number of halogens is 1. The molecule has 0 aliphatic carbocycles. The molecule has 0 fully saturated rings. The third kappa shape index (κ3) is 3.27. The minimum Gasteiger partial charge on any atom is -0.481 e. The van der Waals surface area contributed by atoms with Crippen LogP contribution in [0, 0.1) is 19.7 Å². The molecule has 2 aromatic heterocycles. The van der Waals surface area contributed by atoms with Crippen molar-refractivity contribution in [1.82, 2.24) is 9.72 Å². The summed E-state index contributed by atoms with van der Waals surface area (Å²) < 4.78 is 22.1. The summed E-state index contributed by atoms with van der Waals surface area (Å²) in [7, 11) is 0. The second-order valence-corrected chi connectivity index (χ2v) is 8.75. The molecule has 3 heterocycles. The molecule has 1 aliphatic heterocycles. The summed E-state index contributed by atoms with van der Waals surface area (Å²) in [6.45, 7) is 8.37. The van der Waals surface area contributed by atoms with Crippen molar-refractivity contribution < 1.29 is 18.8 Å². The van der Waals surface area contributed by atoms with Gasteiger partial charge in [-0.2, -0.15) is 0 Å². The van der Waals surface area contributed by atoms with E-state index in [0.29, 0.717) is 18.0 Å². The van der Waals surface area contributed by atoms with E-state index in [0.717, 1.165) is 43.9 Å². The Labute approximate surface area is 172 Å². The minimum absolute atomic E-state index is 0.0713. The SMILES string of the molecule is C/C=C(\C)Sc1c2n(c3cc(F)cc(-c4c(C)noc4C)c13)CCC2CC(=O)O. The normalized spacial score (nSPS) is 16.6. The highest BCUT2D eigenvalue weighted by Crippen LogP contribution is 2.49. The number of aryl methyl sites for hydroxylation is 3. The number of rotatable bonds is 5. The third-order valence-corrected chi connectivity index (χ3v) is 6.78. The molecule has 1 atom stereocenters. The monoisotopic (exact) mass is 414 g/mol. The lowest BCUT2D eigenvalue weighted by molar-refractivity contribution is -0.137. The average Bonchev–Trinajstić information content (AvgIpc) is 3.30. The van der Waals surface area contributed by atoms with Crippen molar-refractivity contribution in [3.8, 4) is 11.1 Å². The molecule has 0 bridgehead atoms. The Balaban J connectivity index is 2.08. The van der Waals surface area contributed by atoms with Gasteiger partial charge < -0.3 is 14.2 Å². The van der Waals surface area contributed by atoms with Crippen molar-refractivity contribution in [3.05, 3.63) is 46.1 Å². The number of hydrogen-bond acceptors (Lipinski definition) is 4. The van der Waals surface area contributed by atoms with Gasteiger partial charge in [-0.05, 0) is 51.2 Å². The second kappa shape index (κ2) is 7.37. The zero-order chi connectivity index (χ0) is 20.9. The molecule has 7 heteroatoms. The predicted octanol–water partition coefficient (Wildman–Crippen LogP) is 6.03. The van der Waals surface area contributed by atoms with E-state index >= 15 is 0 Å². The second-order valence-electron chi connectivity index (χ2n) is 7.50. The van der Waals surface area contributed by atoms with Crippen molar-refractivity contribution in [2.75, 3.05) is 0 Å². The number of fused-ring (bicyclic) bond motifs is 3. The van der Waals surface area contributed by atoms with Gasteiger partial charge in [0.1, 0.15) is 11.6 Å². The van der Waals surface area contributed by atoms with Crippen LogP contribution >= 0.6 is 11.8 Å². The van der Waals surface area contributed by atoms with Gasteiger partial charge in [0.05, 0.1) is 17.6 Å². The van der Waals surface area contributed by atoms with Gasteiger partial charge >= 0.3 is 5.97 Å². The van der Waals surface area contributed by atoms with E-state index in [2.05, 4.69) is 9.72 Å². The lowest BCUT2D eigenvalue weighted by atomic mass is 9.97. The molecule has 1 N–H and O–H groups in total. The number of aromatic nitrogens is 2. The summed E-state index contributed by atoms with van der Waals surface area (Å²) in [6, 6.07) is 3.09. The maximum atomic E-state index is 14.7. The number of carboxylic acid groups (broad SMARTS) is 1. The standard InChI is InChI=1S/C22H23FN2O3S/c1-5-11(2)29-22-20-16(19-12(3)24-28-13(19)4)9-15(23)10-17(20)25-7-6-14(21(22)25)8-18(26)27/h5,9-10,14H,6-8H2,1-4H3,(H,26,27)/b11-5+. The fourth-order valence-electron chi connectivity index (χ4n) is 4.29. The van der Waals surface area contributed by atoms with E-state index in [1.165, 1.54) is 6.07 Å². The molecule has 0 saturated heterocycles. The van der Waals surface area contributed by atoms with Crippen LogP contribution in [0.5, 0.6) is 0 Å². The van der Waals surface area contributed by atoms with Crippen LogP contribution in [0.4, 0.5) is 4.39 Å². The topological polar surface area (TPSA) is 68.3 Å². The van der Waals surface area contributed by atoms with E-state index < -0.39 is 5.97 Å². The molecule has 1 unspecified atom stereocenters. The summed E-state index contributed by atoms with van der Waals surface area (Å²) in [6.07, 6.45) is 2.85. The van der Waals surface area contributed by atoms with Crippen LogP contribution in [0.25, 0.3) is 22.0 Å². The Hall–Kier alpha value is -2.54. The highest BCUT2D eigenvalue weighted by Gasteiger charge is 2.33. The molecule has 4 rings (SSSR count). The smallest absolute Gasteiger partial charge is 0.304 e. The van der Waals surface area contributed by atoms with E-state index in [9.17, 15) is 14.3 Å². The van der Waals surface area contributed by atoms with Gasteiger partial charge in [-0.15, -0.1) is 0 Å². The first-order chi connectivity index (χ1) is 13.8. The Morgan fingerprint density at radius 3 is 2.83 bits per heavy atom. The summed E-state index contributed by atoms with van der Waals surface area (Å²) in [5.74, 6) is -0.590. The van der Waals surface area contributed by atoms with Crippen molar-refractivity contribution in [2.24, 2.45) is 0 Å². The highest BCUT2D eigenvalue weighted by molar-refractivity contribution is 8.03. The van der Waals surface area contributed by atoms with Gasteiger partial charge in [-0.1, -0.05) is 23.0 Å². The van der Waals surface area contributed by atoms with Crippen molar-refractivity contribution in [2.45, 2.75) is 57.9 Å². The molecule has 1 aliphatic rings. The Kier molecular flexibility index (Phi) is 5.02. The van der Waals surface area contributed by atoms with E-state index in [1.54, 1.807) is 17.8 Å². The zero-order valence-electron chi connectivity index (χ0n) is 16.9. The Morgan fingerprint density at radius 1 is 1.45 bits per heavy atom. The fourth-order valence-corrected chi connectivity index (χ4v) is 5.43. The summed E-state index contributed by atoms with van der Waals surface area (Å²) in [4.78, 5) is 13.6.